The standard InChI is InChI=1S/C18H16Cl3NO3S/c1-16(2,18(19,20)21)25-15(24)17(13-9-6-10-26-13)11-7-4-5-8-12(11)22(3)14(17)23/h4-10H,1-3H3/t17-/m0/s1. The molecule has 2 heterocycles. The number of carbonyl (C=O) groups is 2. The van der Waals surface area contributed by atoms with Gasteiger partial charge in [0.1, 0.15) is 0 Å². The van der Waals surface area contributed by atoms with Crippen LogP contribution in [0.4, 0.5) is 5.69 Å². The summed E-state index contributed by atoms with van der Waals surface area (Å²) in [6.45, 7) is 2.99. The number of alkyl halides is 3. The molecule has 1 aliphatic heterocycles. The van der Waals surface area contributed by atoms with Crippen molar-refractivity contribution in [2.45, 2.75) is 28.7 Å². The summed E-state index contributed by atoms with van der Waals surface area (Å²) in [4.78, 5) is 28.7. The van der Waals surface area contributed by atoms with Crippen LogP contribution < -0.4 is 4.90 Å². The zero-order valence-corrected chi connectivity index (χ0v) is 17.3. The molecule has 0 aliphatic carbocycles. The third-order valence-corrected chi connectivity index (χ3v) is 6.88. The summed E-state index contributed by atoms with van der Waals surface area (Å²) in [7, 11) is 1.63. The van der Waals surface area contributed by atoms with Gasteiger partial charge in [-0.25, -0.2) is 0 Å². The van der Waals surface area contributed by atoms with Gasteiger partial charge in [0.15, 0.2) is 5.60 Å². The lowest BCUT2D eigenvalue weighted by atomic mass is 9.80. The number of hydrogen-bond acceptors (Lipinski definition) is 4. The van der Waals surface area contributed by atoms with Crippen molar-refractivity contribution in [3.05, 3.63) is 52.2 Å². The molecule has 138 valence electrons. The van der Waals surface area contributed by atoms with Crippen LogP contribution in [0.2, 0.25) is 0 Å². The van der Waals surface area contributed by atoms with E-state index in [1.807, 2.05) is 6.07 Å². The van der Waals surface area contributed by atoms with E-state index in [1.165, 1.54) is 30.1 Å². The van der Waals surface area contributed by atoms with E-state index in [-0.39, 0.29) is 0 Å². The first kappa shape index (κ1) is 19.5. The Morgan fingerprint density at radius 2 is 1.81 bits per heavy atom. The van der Waals surface area contributed by atoms with Gasteiger partial charge in [0.05, 0.1) is 0 Å². The smallest absolute Gasteiger partial charge is 0.332 e. The van der Waals surface area contributed by atoms with E-state index in [0.29, 0.717) is 16.1 Å². The Kier molecular flexibility index (Phi) is 4.81. The third-order valence-electron chi connectivity index (χ3n) is 4.52. The van der Waals surface area contributed by atoms with Gasteiger partial charge in [-0.05, 0) is 31.4 Å². The van der Waals surface area contributed by atoms with E-state index in [9.17, 15) is 9.59 Å². The number of rotatable bonds is 3. The maximum absolute atomic E-state index is 13.4. The third kappa shape index (κ3) is 2.73. The lowest BCUT2D eigenvalue weighted by Crippen LogP contribution is -2.51. The first-order valence-corrected chi connectivity index (χ1v) is 9.76. The monoisotopic (exact) mass is 431 g/mol. The van der Waals surface area contributed by atoms with Gasteiger partial charge in [-0.2, -0.15) is 0 Å². The minimum atomic E-state index is -1.85. The fourth-order valence-corrected chi connectivity index (χ4v) is 3.99. The molecule has 0 fully saturated rings. The van der Waals surface area contributed by atoms with E-state index in [0.717, 1.165) is 0 Å². The number of anilines is 1. The number of benzene rings is 1. The Bertz CT molecular complexity index is 861. The number of amides is 1. The maximum Gasteiger partial charge on any atom is 0.332 e. The number of esters is 1. The summed E-state index contributed by atoms with van der Waals surface area (Å²) in [5.41, 5.74) is -1.85. The minimum Gasteiger partial charge on any atom is -0.454 e. The number of thiophene rings is 1. The highest BCUT2D eigenvalue weighted by atomic mass is 35.6. The predicted octanol–water partition coefficient (Wildman–Crippen LogP) is 4.70. The lowest BCUT2D eigenvalue weighted by Gasteiger charge is -2.35. The van der Waals surface area contributed by atoms with E-state index >= 15 is 0 Å². The Hall–Kier alpha value is -1.27. The molecule has 26 heavy (non-hydrogen) atoms. The highest BCUT2D eigenvalue weighted by Crippen LogP contribution is 2.49. The van der Waals surface area contributed by atoms with Crippen molar-refractivity contribution < 1.29 is 14.3 Å². The number of nitrogens with zero attached hydrogens (tertiary/aromatic N) is 1. The Balaban J connectivity index is 2.20. The number of para-hydroxylation sites is 1. The van der Waals surface area contributed by atoms with Crippen LogP contribution in [0.15, 0.2) is 41.8 Å². The Morgan fingerprint density at radius 1 is 1.15 bits per heavy atom. The molecule has 0 saturated carbocycles. The second kappa shape index (κ2) is 6.41. The van der Waals surface area contributed by atoms with Gasteiger partial charge in [0, 0.05) is 23.2 Å². The largest absolute Gasteiger partial charge is 0.454 e. The lowest BCUT2D eigenvalue weighted by molar-refractivity contribution is -0.163. The molecule has 0 N–H and O–H groups in total. The number of hydrogen-bond donors (Lipinski definition) is 0. The van der Waals surface area contributed by atoms with Crippen molar-refractivity contribution in [3.63, 3.8) is 0 Å². The maximum atomic E-state index is 13.4. The number of ether oxygens (including phenoxy) is 1. The van der Waals surface area contributed by atoms with Crippen LogP contribution in [0.5, 0.6) is 0 Å². The molecule has 1 aromatic heterocycles. The van der Waals surface area contributed by atoms with Crippen LogP contribution >= 0.6 is 46.1 Å². The highest BCUT2D eigenvalue weighted by Gasteiger charge is 2.60. The van der Waals surface area contributed by atoms with Crippen LogP contribution in [0.25, 0.3) is 0 Å². The number of likely N-dealkylation sites (N-methyl/N-ethyl adjacent to an activating group) is 1. The summed E-state index contributed by atoms with van der Waals surface area (Å²) in [5.74, 6) is -1.16. The van der Waals surface area contributed by atoms with Crippen molar-refractivity contribution in [3.8, 4) is 0 Å². The fourth-order valence-electron chi connectivity index (χ4n) is 2.95. The summed E-state index contributed by atoms with van der Waals surface area (Å²) in [6, 6.07) is 10.6. The van der Waals surface area contributed by atoms with E-state index < -0.39 is 26.7 Å². The predicted molar refractivity (Wildman–Crippen MR) is 105 cm³/mol. The van der Waals surface area contributed by atoms with Crippen LogP contribution in [0.3, 0.4) is 0 Å². The van der Waals surface area contributed by atoms with Gasteiger partial charge in [-0.15, -0.1) is 11.3 Å². The molecule has 1 amide bonds. The van der Waals surface area contributed by atoms with Crippen LogP contribution in [-0.4, -0.2) is 28.3 Å². The first-order chi connectivity index (χ1) is 12.0. The topological polar surface area (TPSA) is 46.6 Å². The van der Waals surface area contributed by atoms with E-state index in [2.05, 4.69) is 0 Å². The van der Waals surface area contributed by atoms with Gasteiger partial charge in [-0.3, -0.25) is 9.59 Å². The molecule has 8 heteroatoms. The van der Waals surface area contributed by atoms with Crippen molar-refractivity contribution in [1.82, 2.24) is 0 Å². The van der Waals surface area contributed by atoms with E-state index in [1.54, 1.807) is 42.8 Å². The highest BCUT2D eigenvalue weighted by molar-refractivity contribution is 7.10. The average Bonchev–Trinajstić information content (AvgIpc) is 3.14. The first-order valence-electron chi connectivity index (χ1n) is 7.75. The molecule has 3 rings (SSSR count). The molecule has 1 atom stereocenters. The molecule has 1 aliphatic rings. The van der Waals surface area contributed by atoms with Gasteiger partial charge in [0.2, 0.25) is 9.21 Å². The van der Waals surface area contributed by atoms with Crippen LogP contribution in [0.1, 0.15) is 24.3 Å². The summed E-state index contributed by atoms with van der Waals surface area (Å²) < 4.78 is 3.76. The number of fused-ring (bicyclic) bond motifs is 1. The molecule has 0 unspecified atom stereocenters. The van der Waals surface area contributed by atoms with Crippen LogP contribution in [-0.2, 0) is 19.7 Å². The van der Waals surface area contributed by atoms with Gasteiger partial charge in [-0.1, -0.05) is 59.1 Å². The van der Waals surface area contributed by atoms with Crippen molar-refractivity contribution >= 4 is 63.7 Å². The molecular formula is C18H16Cl3NO3S. The van der Waals surface area contributed by atoms with Gasteiger partial charge in [0.25, 0.3) is 5.91 Å². The molecule has 2 aromatic rings. The summed E-state index contributed by atoms with van der Waals surface area (Å²) in [6.07, 6.45) is 0. The molecule has 0 radical (unpaired) electrons. The van der Waals surface area contributed by atoms with Crippen molar-refractivity contribution in [2.24, 2.45) is 0 Å². The zero-order chi connectivity index (χ0) is 19.3. The normalized spacial score (nSPS) is 20.2. The molecule has 0 spiro atoms. The molecule has 0 saturated heterocycles. The van der Waals surface area contributed by atoms with Crippen molar-refractivity contribution in [1.29, 1.82) is 0 Å². The number of carbonyl (C=O) groups excluding carboxylic acids is 2. The Morgan fingerprint density at radius 3 is 2.38 bits per heavy atom. The SMILES string of the molecule is CN1C(=O)[C@@](C(=O)OC(C)(C)C(Cl)(Cl)Cl)(c2cccs2)c2ccccc21. The molecule has 0 bridgehead atoms. The molecule has 1 aromatic carbocycles. The fraction of sp³-hybridized carbons (Fsp3) is 0.333. The van der Waals surface area contributed by atoms with Crippen LogP contribution in [0, 0.1) is 0 Å². The molecular weight excluding hydrogens is 417 g/mol. The quantitative estimate of drug-likeness (QED) is 0.401. The summed E-state index contributed by atoms with van der Waals surface area (Å²) in [5, 5.41) is 1.80. The van der Waals surface area contributed by atoms with Crippen molar-refractivity contribution in [2.75, 3.05) is 11.9 Å². The zero-order valence-electron chi connectivity index (χ0n) is 14.3. The number of halogens is 3. The minimum absolute atomic E-state index is 0.397. The Labute approximate surface area is 170 Å². The van der Waals surface area contributed by atoms with E-state index in [4.69, 9.17) is 39.5 Å². The average molecular weight is 433 g/mol. The molecule has 4 nitrogen and oxygen atoms in total. The summed E-state index contributed by atoms with van der Waals surface area (Å²) >= 11 is 19.2. The van der Waals surface area contributed by atoms with Gasteiger partial charge < -0.3 is 9.64 Å². The van der Waals surface area contributed by atoms with Gasteiger partial charge >= 0.3 is 5.97 Å². The second-order valence-corrected chi connectivity index (χ2v) is 9.74. The second-order valence-electron chi connectivity index (χ2n) is 6.51.